The summed E-state index contributed by atoms with van der Waals surface area (Å²) < 4.78 is 0. The van der Waals surface area contributed by atoms with Crippen LogP contribution in [0.15, 0.2) is 23.9 Å². The molecule has 1 heterocycles. The largest absolute Gasteiger partial charge is 0.370 e. The molecule has 1 aliphatic carbocycles. The first-order valence-corrected chi connectivity index (χ1v) is 3.69. The van der Waals surface area contributed by atoms with Gasteiger partial charge in [-0.2, -0.15) is 0 Å². The molecule has 2 nitrogen and oxygen atoms in total. The van der Waals surface area contributed by atoms with Crippen LogP contribution in [0, 0.1) is 5.92 Å². The molecule has 0 amide bonds. The Bertz CT molecular complexity index is 191. The molecule has 2 rings (SSSR count). The van der Waals surface area contributed by atoms with Gasteiger partial charge < -0.3 is 10.4 Å². The zero-order valence-electron chi connectivity index (χ0n) is 5.75. The lowest BCUT2D eigenvalue weighted by Gasteiger charge is -2.16. The second-order valence-electron chi connectivity index (χ2n) is 2.87. The van der Waals surface area contributed by atoms with Crippen molar-refractivity contribution < 1.29 is 5.11 Å². The monoisotopic (exact) mass is 137 g/mol. The van der Waals surface area contributed by atoms with Crippen molar-refractivity contribution in [3.05, 3.63) is 23.9 Å². The molecule has 1 unspecified atom stereocenters. The van der Waals surface area contributed by atoms with Crippen LogP contribution in [0.3, 0.4) is 0 Å². The highest BCUT2D eigenvalue weighted by molar-refractivity contribution is 5.22. The van der Waals surface area contributed by atoms with Crippen molar-refractivity contribution in [1.29, 1.82) is 0 Å². The lowest BCUT2D eigenvalue weighted by Crippen LogP contribution is -2.28. The molecule has 2 aliphatic rings. The maximum atomic E-state index is 9.12. The van der Waals surface area contributed by atoms with Crippen molar-refractivity contribution in [1.82, 2.24) is 5.32 Å². The van der Waals surface area contributed by atoms with Crippen LogP contribution in [0.1, 0.15) is 12.8 Å². The van der Waals surface area contributed by atoms with E-state index in [0.717, 1.165) is 0 Å². The van der Waals surface area contributed by atoms with Gasteiger partial charge in [-0.05, 0) is 30.9 Å². The van der Waals surface area contributed by atoms with Crippen molar-refractivity contribution in [2.75, 3.05) is 0 Å². The molecule has 2 N–H and O–H groups in total. The van der Waals surface area contributed by atoms with E-state index in [1.807, 2.05) is 12.2 Å². The first-order valence-electron chi connectivity index (χ1n) is 3.69. The molecule has 0 aromatic heterocycles. The second-order valence-corrected chi connectivity index (χ2v) is 2.87. The van der Waals surface area contributed by atoms with E-state index >= 15 is 0 Å². The molecular formula is C8H11NO. The minimum Gasteiger partial charge on any atom is -0.370 e. The summed E-state index contributed by atoms with van der Waals surface area (Å²) in [4.78, 5) is 0. The van der Waals surface area contributed by atoms with E-state index in [2.05, 4.69) is 5.32 Å². The average molecular weight is 137 g/mol. The molecule has 54 valence electrons. The van der Waals surface area contributed by atoms with E-state index in [4.69, 9.17) is 5.11 Å². The van der Waals surface area contributed by atoms with Crippen molar-refractivity contribution >= 4 is 0 Å². The predicted molar refractivity (Wildman–Crippen MR) is 39.1 cm³/mol. The number of hydrogen-bond acceptors (Lipinski definition) is 2. The molecule has 0 spiro atoms. The number of rotatable bonds is 1. The van der Waals surface area contributed by atoms with Crippen LogP contribution in [0.4, 0.5) is 0 Å². The molecule has 10 heavy (non-hydrogen) atoms. The van der Waals surface area contributed by atoms with Crippen LogP contribution < -0.4 is 5.32 Å². The van der Waals surface area contributed by atoms with E-state index in [1.165, 1.54) is 18.5 Å². The lowest BCUT2D eigenvalue weighted by molar-refractivity contribution is 0.193. The molecule has 0 saturated heterocycles. The van der Waals surface area contributed by atoms with Crippen LogP contribution in [0.25, 0.3) is 0 Å². The SMILES string of the molecule is OC1C=CC=C(C2CC2)N1. The van der Waals surface area contributed by atoms with Crippen LogP contribution in [-0.2, 0) is 0 Å². The molecule has 0 bridgehead atoms. The first-order chi connectivity index (χ1) is 4.86. The van der Waals surface area contributed by atoms with Gasteiger partial charge in [-0.25, -0.2) is 0 Å². The van der Waals surface area contributed by atoms with Gasteiger partial charge in [-0.3, -0.25) is 0 Å². The molecule has 0 aromatic carbocycles. The Labute approximate surface area is 60.2 Å². The smallest absolute Gasteiger partial charge is 0.143 e. The summed E-state index contributed by atoms with van der Waals surface area (Å²) in [6, 6.07) is 0. The highest BCUT2D eigenvalue weighted by Gasteiger charge is 2.27. The third-order valence-corrected chi connectivity index (χ3v) is 1.90. The van der Waals surface area contributed by atoms with E-state index in [-0.39, 0.29) is 0 Å². The molecule has 2 heteroatoms. The van der Waals surface area contributed by atoms with Gasteiger partial charge in [0.2, 0.25) is 0 Å². The third-order valence-electron chi connectivity index (χ3n) is 1.90. The molecule has 0 aromatic rings. The van der Waals surface area contributed by atoms with Crippen LogP contribution in [0.2, 0.25) is 0 Å². The van der Waals surface area contributed by atoms with Gasteiger partial charge in [0.15, 0.2) is 0 Å². The number of allylic oxidation sites excluding steroid dienone is 3. The highest BCUT2D eigenvalue weighted by atomic mass is 16.3. The van der Waals surface area contributed by atoms with Gasteiger partial charge in [0.1, 0.15) is 6.23 Å². The Morgan fingerprint density at radius 1 is 1.50 bits per heavy atom. The summed E-state index contributed by atoms with van der Waals surface area (Å²) >= 11 is 0. The van der Waals surface area contributed by atoms with Gasteiger partial charge >= 0.3 is 0 Å². The summed E-state index contributed by atoms with van der Waals surface area (Å²) in [6.07, 6.45) is 7.80. The Kier molecular flexibility index (Phi) is 1.27. The molecule has 1 saturated carbocycles. The summed E-state index contributed by atoms with van der Waals surface area (Å²) in [5, 5.41) is 12.1. The number of nitrogens with one attached hydrogen (secondary N) is 1. The van der Waals surface area contributed by atoms with Gasteiger partial charge in [0, 0.05) is 5.70 Å². The van der Waals surface area contributed by atoms with Crippen molar-refractivity contribution in [3.8, 4) is 0 Å². The summed E-state index contributed by atoms with van der Waals surface area (Å²) in [5.74, 6) is 0.708. The molecule has 0 radical (unpaired) electrons. The fourth-order valence-corrected chi connectivity index (χ4v) is 1.18. The Hall–Kier alpha value is -0.760. The Morgan fingerprint density at radius 2 is 2.30 bits per heavy atom. The van der Waals surface area contributed by atoms with E-state index in [0.29, 0.717) is 5.92 Å². The summed E-state index contributed by atoms with van der Waals surface area (Å²) in [5.41, 5.74) is 1.20. The normalized spacial score (nSPS) is 31.3. The average Bonchev–Trinajstić information content (AvgIpc) is 2.68. The van der Waals surface area contributed by atoms with Crippen LogP contribution in [0.5, 0.6) is 0 Å². The van der Waals surface area contributed by atoms with Gasteiger partial charge in [0.05, 0.1) is 0 Å². The second kappa shape index (κ2) is 2.13. The van der Waals surface area contributed by atoms with Crippen LogP contribution >= 0.6 is 0 Å². The summed E-state index contributed by atoms with van der Waals surface area (Å²) in [7, 11) is 0. The van der Waals surface area contributed by atoms with Gasteiger partial charge in [-0.1, -0.05) is 6.08 Å². The first kappa shape index (κ1) is 5.98. The van der Waals surface area contributed by atoms with Gasteiger partial charge in [-0.15, -0.1) is 0 Å². The Morgan fingerprint density at radius 3 is 2.90 bits per heavy atom. The molecule has 1 aliphatic heterocycles. The molecule has 1 atom stereocenters. The molecule has 1 fully saturated rings. The highest BCUT2D eigenvalue weighted by Crippen LogP contribution is 2.35. The van der Waals surface area contributed by atoms with E-state index in [1.54, 1.807) is 6.08 Å². The zero-order valence-corrected chi connectivity index (χ0v) is 5.75. The number of hydrogen-bond donors (Lipinski definition) is 2. The number of aliphatic hydroxyl groups is 1. The molecular weight excluding hydrogens is 126 g/mol. The topological polar surface area (TPSA) is 32.3 Å². The lowest BCUT2D eigenvalue weighted by atomic mass is 10.2. The maximum Gasteiger partial charge on any atom is 0.143 e. The number of aliphatic hydroxyl groups excluding tert-OH is 1. The fourth-order valence-electron chi connectivity index (χ4n) is 1.18. The third kappa shape index (κ3) is 1.07. The fraction of sp³-hybridized carbons (Fsp3) is 0.500. The van der Waals surface area contributed by atoms with Crippen molar-refractivity contribution in [2.24, 2.45) is 5.92 Å². The van der Waals surface area contributed by atoms with Crippen molar-refractivity contribution in [3.63, 3.8) is 0 Å². The Balaban J connectivity index is 2.06. The zero-order chi connectivity index (χ0) is 6.97. The van der Waals surface area contributed by atoms with E-state index < -0.39 is 6.23 Å². The van der Waals surface area contributed by atoms with Crippen LogP contribution in [-0.4, -0.2) is 11.3 Å². The standard InChI is InChI=1S/C8H11NO/c10-8-3-1-2-7(9-8)6-4-5-6/h1-3,6,8-10H,4-5H2. The maximum absolute atomic E-state index is 9.12. The van der Waals surface area contributed by atoms with E-state index in [9.17, 15) is 0 Å². The minimum atomic E-state index is -0.458. The number of dihydropyridines is 1. The van der Waals surface area contributed by atoms with Gasteiger partial charge in [0.25, 0.3) is 0 Å². The quantitative estimate of drug-likeness (QED) is 0.559. The van der Waals surface area contributed by atoms with Crippen molar-refractivity contribution in [2.45, 2.75) is 19.1 Å². The summed E-state index contributed by atoms with van der Waals surface area (Å²) in [6.45, 7) is 0. The predicted octanol–water partition coefficient (Wildman–Crippen LogP) is 0.758. The minimum absolute atomic E-state index is 0.458.